The summed E-state index contributed by atoms with van der Waals surface area (Å²) in [5.74, 6) is -8.35. The lowest BCUT2D eigenvalue weighted by atomic mass is 9.97. The lowest BCUT2D eigenvalue weighted by molar-refractivity contribution is -0.342. The average Bonchev–Trinajstić information content (AvgIpc) is 3.14. The van der Waals surface area contributed by atoms with Crippen molar-refractivity contribution in [2.75, 3.05) is 26.9 Å². The normalized spacial score (nSPS) is 33.0. The molecule has 3 aliphatic rings. The Hall–Kier alpha value is -5.08. The first-order chi connectivity index (χ1) is 29.0. The predicted octanol–water partition coefficient (Wildman–Crippen LogP) is -0.804. The molecule has 25 heteroatoms. The van der Waals surface area contributed by atoms with E-state index in [1.54, 1.807) is 0 Å². The van der Waals surface area contributed by atoms with E-state index in [1.807, 2.05) is 0 Å². The van der Waals surface area contributed by atoms with Crippen LogP contribution in [0.25, 0.3) is 0 Å². The molecule has 0 amide bonds. The van der Waals surface area contributed by atoms with E-state index in [0.717, 1.165) is 69.4 Å². The quantitative estimate of drug-likeness (QED) is 0.127. The molecule has 0 aromatic heterocycles. The molecule has 0 saturated carbocycles. The van der Waals surface area contributed by atoms with E-state index in [-0.39, 0.29) is 0 Å². The smallest absolute Gasteiger partial charge is 0.303 e. The highest BCUT2D eigenvalue weighted by atomic mass is 19.1. The van der Waals surface area contributed by atoms with Crippen molar-refractivity contribution in [1.29, 1.82) is 0 Å². The van der Waals surface area contributed by atoms with E-state index >= 15 is 4.39 Å². The van der Waals surface area contributed by atoms with Gasteiger partial charge in [0, 0.05) is 69.4 Å². The number of ether oxygens (including phenoxy) is 15. The van der Waals surface area contributed by atoms with E-state index in [1.165, 1.54) is 0 Å². The fourth-order valence-corrected chi connectivity index (χ4v) is 6.66. The summed E-state index contributed by atoms with van der Waals surface area (Å²) in [6.45, 7) is 6.88. The molecule has 3 fully saturated rings. The second kappa shape index (κ2) is 23.4. The van der Waals surface area contributed by atoms with Crippen LogP contribution in [0.4, 0.5) is 4.39 Å². The Morgan fingerprint density at radius 1 is 0.371 bits per heavy atom. The maximum Gasteiger partial charge on any atom is 0.303 e. The van der Waals surface area contributed by atoms with Crippen LogP contribution in [-0.4, -0.2) is 173 Å². The highest BCUT2D eigenvalue weighted by Gasteiger charge is 2.57. The van der Waals surface area contributed by atoms with Gasteiger partial charge in [-0.15, -0.1) is 0 Å². The largest absolute Gasteiger partial charge is 0.463 e. The minimum Gasteiger partial charge on any atom is -0.463 e. The summed E-state index contributed by atoms with van der Waals surface area (Å²) < 4.78 is 99.0. The first-order valence-corrected chi connectivity index (χ1v) is 18.9. The molecule has 3 saturated heterocycles. The molecule has 0 aromatic rings. The molecule has 15 atom stereocenters. The Kier molecular flexibility index (Phi) is 19.3. The SMILES string of the molecule is COC1OC(COC2OC(COC3OC(COC(C)=O)C(OC(C)=O)C(OC(C)=O)C3OC(C)=O)C(OC(C)=O)C(OC(C)=O)C2OC(C)=O)C(OC(C)=O)C(F)C1OC(C)=O. The minimum atomic E-state index is -2.24. The Balaban J connectivity index is 2.08. The van der Waals surface area contributed by atoms with Crippen LogP contribution >= 0.6 is 0 Å². The number of methoxy groups -OCH3 is 1. The summed E-state index contributed by atoms with van der Waals surface area (Å²) >= 11 is 0. The van der Waals surface area contributed by atoms with Gasteiger partial charge in [0.1, 0.15) is 24.9 Å². The molecule has 0 N–H and O–H groups in total. The zero-order valence-electron chi connectivity index (χ0n) is 35.5. The second-order valence-corrected chi connectivity index (χ2v) is 13.9. The van der Waals surface area contributed by atoms with E-state index < -0.39 is 166 Å². The van der Waals surface area contributed by atoms with Crippen LogP contribution in [-0.2, 0) is 114 Å². The molecule has 0 radical (unpaired) electrons. The Morgan fingerprint density at radius 2 is 0.661 bits per heavy atom. The molecule has 3 aliphatic heterocycles. The third kappa shape index (κ3) is 14.8. The van der Waals surface area contributed by atoms with Crippen LogP contribution in [0.2, 0.25) is 0 Å². The summed E-state index contributed by atoms with van der Waals surface area (Å²) in [7, 11) is 1.12. The third-order valence-corrected chi connectivity index (χ3v) is 8.70. The van der Waals surface area contributed by atoms with Gasteiger partial charge in [-0.3, -0.25) is 43.2 Å². The van der Waals surface area contributed by atoms with Gasteiger partial charge in [0.05, 0.1) is 13.2 Å². The number of carbonyl (C=O) groups excluding carboxylic acids is 9. The molecule has 0 spiro atoms. The molecular formula is C37H51FO24. The number of alkyl halides is 1. The number of halogens is 1. The van der Waals surface area contributed by atoms with Crippen LogP contribution in [0.5, 0.6) is 0 Å². The lowest BCUT2D eigenvalue weighted by Crippen LogP contribution is -2.65. The van der Waals surface area contributed by atoms with Gasteiger partial charge in [0.15, 0.2) is 73.9 Å². The van der Waals surface area contributed by atoms with Crippen molar-refractivity contribution >= 4 is 53.7 Å². The van der Waals surface area contributed by atoms with Crippen LogP contribution in [0.15, 0.2) is 0 Å². The van der Waals surface area contributed by atoms with Crippen LogP contribution in [0, 0.1) is 0 Å². The highest BCUT2D eigenvalue weighted by Crippen LogP contribution is 2.35. The maximum atomic E-state index is 15.9. The Labute approximate surface area is 353 Å². The zero-order valence-corrected chi connectivity index (χ0v) is 35.5. The summed E-state index contributed by atoms with van der Waals surface area (Å²) in [6.07, 6.45) is -25.6. The maximum absolute atomic E-state index is 15.9. The predicted molar refractivity (Wildman–Crippen MR) is 191 cm³/mol. The van der Waals surface area contributed by atoms with Gasteiger partial charge in [-0.2, -0.15) is 0 Å². The second-order valence-electron chi connectivity index (χ2n) is 13.9. The van der Waals surface area contributed by atoms with E-state index in [9.17, 15) is 43.2 Å². The third-order valence-electron chi connectivity index (χ3n) is 8.70. The van der Waals surface area contributed by atoms with Gasteiger partial charge in [0.2, 0.25) is 0 Å². The first kappa shape index (κ1) is 51.3. The monoisotopic (exact) mass is 898 g/mol. The molecule has 350 valence electrons. The Bertz CT molecular complexity index is 1640. The molecule has 3 rings (SSSR count). The number of rotatable bonds is 17. The molecule has 15 unspecified atom stereocenters. The van der Waals surface area contributed by atoms with E-state index in [0.29, 0.717) is 0 Å². The van der Waals surface area contributed by atoms with Crippen molar-refractivity contribution in [3.05, 3.63) is 0 Å². The van der Waals surface area contributed by atoms with Crippen molar-refractivity contribution in [3.63, 3.8) is 0 Å². The van der Waals surface area contributed by atoms with Crippen LogP contribution in [0.1, 0.15) is 62.3 Å². The van der Waals surface area contributed by atoms with Crippen molar-refractivity contribution in [1.82, 2.24) is 0 Å². The van der Waals surface area contributed by atoms with Gasteiger partial charge < -0.3 is 71.1 Å². The number of hydrogen-bond donors (Lipinski definition) is 0. The topological polar surface area (TPSA) is 292 Å². The fourth-order valence-electron chi connectivity index (χ4n) is 6.66. The molecule has 0 aromatic carbocycles. The van der Waals surface area contributed by atoms with Crippen molar-refractivity contribution in [2.45, 2.75) is 154 Å². The molecule has 3 heterocycles. The van der Waals surface area contributed by atoms with Crippen LogP contribution < -0.4 is 0 Å². The van der Waals surface area contributed by atoms with E-state index in [4.69, 9.17) is 71.1 Å². The van der Waals surface area contributed by atoms with Gasteiger partial charge >= 0.3 is 53.7 Å². The van der Waals surface area contributed by atoms with Gasteiger partial charge in [-0.1, -0.05) is 0 Å². The average molecular weight is 899 g/mol. The van der Waals surface area contributed by atoms with Crippen LogP contribution in [0.3, 0.4) is 0 Å². The molecule has 24 nitrogen and oxygen atoms in total. The molecule has 62 heavy (non-hydrogen) atoms. The van der Waals surface area contributed by atoms with Gasteiger partial charge in [-0.25, -0.2) is 4.39 Å². The standard InChI is InChI=1S/C37H51FO24/c1-14(39)49-11-24-28(53-16(3)41)31(56-19(6)44)33(58-21(8)46)37(61-24)51-13-25-29(54-17(4)42)32(57-20(7)45)34(59-22(9)47)36(62-25)50-12-23-27(52-15(2)40)26(38)30(55-18(5)43)35(48-10)60-23/h23-37H,11-13H2,1-10H3. The fraction of sp³-hybridized carbons (Fsp3) is 0.757. The summed E-state index contributed by atoms with van der Waals surface area (Å²) in [5, 5.41) is 0. The molecule has 0 bridgehead atoms. The Morgan fingerprint density at radius 3 is 1.02 bits per heavy atom. The van der Waals surface area contributed by atoms with Crippen molar-refractivity contribution in [2.24, 2.45) is 0 Å². The highest BCUT2D eigenvalue weighted by molar-refractivity contribution is 5.70. The summed E-state index contributed by atoms with van der Waals surface area (Å²) in [6, 6.07) is 0. The van der Waals surface area contributed by atoms with Gasteiger partial charge in [0.25, 0.3) is 0 Å². The minimum absolute atomic E-state index is 0.606. The zero-order chi connectivity index (χ0) is 46.6. The number of carbonyl (C=O) groups is 9. The van der Waals surface area contributed by atoms with Crippen molar-refractivity contribution in [3.8, 4) is 0 Å². The van der Waals surface area contributed by atoms with Gasteiger partial charge in [-0.05, 0) is 0 Å². The first-order valence-electron chi connectivity index (χ1n) is 18.9. The van der Waals surface area contributed by atoms with Crippen molar-refractivity contribution < 1.29 is 119 Å². The molecular weight excluding hydrogens is 847 g/mol. The summed E-state index contributed by atoms with van der Waals surface area (Å²) in [5.41, 5.74) is 0. The van der Waals surface area contributed by atoms with E-state index in [2.05, 4.69) is 0 Å². The lowest BCUT2D eigenvalue weighted by Gasteiger charge is -2.46. The molecule has 0 aliphatic carbocycles. The summed E-state index contributed by atoms with van der Waals surface area (Å²) in [4.78, 5) is 110. The number of hydrogen-bond acceptors (Lipinski definition) is 24. The number of esters is 9.